The molecule has 0 amide bonds. The molecule has 3 heterocycles. The lowest BCUT2D eigenvalue weighted by Gasteiger charge is -2.14. The van der Waals surface area contributed by atoms with Gasteiger partial charge in [-0.25, -0.2) is 9.97 Å². The monoisotopic (exact) mass is 651 g/mol. The Morgan fingerprint density at radius 1 is 0.294 bits per heavy atom. The van der Waals surface area contributed by atoms with E-state index >= 15 is 0 Å². The van der Waals surface area contributed by atoms with Gasteiger partial charge in [-0.1, -0.05) is 146 Å². The highest BCUT2D eigenvalue weighted by atomic mass is 15.0. The average molecular weight is 652 g/mol. The largest absolute Gasteiger partial charge is 0.299 e. The van der Waals surface area contributed by atoms with Crippen LogP contribution in [0.2, 0.25) is 0 Å². The maximum atomic E-state index is 5.16. The summed E-state index contributed by atoms with van der Waals surface area (Å²) < 4.78 is 2.18. The molecule has 51 heavy (non-hydrogen) atoms. The molecular formula is C48H33N3. The third-order valence-electron chi connectivity index (χ3n) is 9.38. The van der Waals surface area contributed by atoms with Gasteiger partial charge < -0.3 is 0 Å². The van der Waals surface area contributed by atoms with E-state index < -0.39 is 0 Å². The molecule has 0 N–H and O–H groups in total. The van der Waals surface area contributed by atoms with E-state index in [1.165, 1.54) is 5.56 Å². The molecule has 0 unspecified atom stereocenters. The second-order valence-corrected chi connectivity index (χ2v) is 12.7. The first-order valence-corrected chi connectivity index (χ1v) is 17.2. The van der Waals surface area contributed by atoms with Gasteiger partial charge in [-0.3, -0.25) is 4.40 Å². The topological polar surface area (TPSA) is 30.2 Å². The normalized spacial score (nSPS) is 11.1. The van der Waals surface area contributed by atoms with Crippen molar-refractivity contribution >= 4 is 5.65 Å². The highest BCUT2D eigenvalue weighted by molar-refractivity contribution is 5.87. The van der Waals surface area contributed by atoms with Crippen molar-refractivity contribution in [2.24, 2.45) is 0 Å². The van der Waals surface area contributed by atoms with Crippen molar-refractivity contribution in [3.8, 4) is 78.4 Å². The quantitative estimate of drug-likeness (QED) is 0.172. The average Bonchev–Trinajstić information content (AvgIpc) is 3.62. The van der Waals surface area contributed by atoms with E-state index in [1.807, 2.05) is 18.2 Å². The minimum absolute atomic E-state index is 0.922. The highest BCUT2D eigenvalue weighted by Gasteiger charge is 2.17. The van der Waals surface area contributed by atoms with Crippen LogP contribution >= 0.6 is 0 Å². The van der Waals surface area contributed by atoms with Gasteiger partial charge in [-0.05, 0) is 81.9 Å². The third kappa shape index (κ3) is 6.03. The highest BCUT2D eigenvalue weighted by Crippen LogP contribution is 2.38. The lowest BCUT2D eigenvalue weighted by molar-refractivity contribution is 1.19. The molecule has 0 aliphatic rings. The van der Waals surface area contributed by atoms with Crippen molar-refractivity contribution in [3.05, 3.63) is 200 Å². The molecule has 3 nitrogen and oxygen atoms in total. The van der Waals surface area contributed by atoms with Gasteiger partial charge >= 0.3 is 0 Å². The number of hydrogen-bond acceptors (Lipinski definition) is 2. The lowest BCUT2D eigenvalue weighted by Crippen LogP contribution is -1.92. The number of rotatable bonds is 7. The Morgan fingerprint density at radius 3 is 1.33 bits per heavy atom. The summed E-state index contributed by atoms with van der Waals surface area (Å²) in [5, 5.41) is 0. The van der Waals surface area contributed by atoms with Crippen LogP contribution in [-0.2, 0) is 0 Å². The summed E-state index contributed by atoms with van der Waals surface area (Å²) in [6.07, 6.45) is 2.09. The van der Waals surface area contributed by atoms with E-state index in [1.54, 1.807) is 0 Å². The molecule has 240 valence electrons. The number of pyridine rings is 2. The smallest absolute Gasteiger partial charge is 0.137 e. The van der Waals surface area contributed by atoms with Crippen molar-refractivity contribution in [1.29, 1.82) is 0 Å². The van der Waals surface area contributed by atoms with Crippen LogP contribution in [0.5, 0.6) is 0 Å². The van der Waals surface area contributed by atoms with Crippen molar-refractivity contribution in [1.82, 2.24) is 14.4 Å². The predicted octanol–water partition coefficient (Wildman–Crippen LogP) is 12.4. The fourth-order valence-corrected chi connectivity index (χ4v) is 6.88. The molecule has 0 spiro atoms. The molecule has 0 fully saturated rings. The summed E-state index contributed by atoms with van der Waals surface area (Å²) >= 11 is 0. The summed E-state index contributed by atoms with van der Waals surface area (Å²) in [4.78, 5) is 10.3. The fraction of sp³-hybridized carbons (Fsp3) is 0. The van der Waals surface area contributed by atoms with Crippen LogP contribution < -0.4 is 0 Å². The number of imidazole rings is 1. The first-order chi connectivity index (χ1) is 25.3. The van der Waals surface area contributed by atoms with E-state index in [0.717, 1.165) is 78.5 Å². The maximum absolute atomic E-state index is 5.16. The van der Waals surface area contributed by atoms with Crippen molar-refractivity contribution in [3.63, 3.8) is 0 Å². The zero-order valence-electron chi connectivity index (χ0n) is 27.9. The molecule has 0 saturated heterocycles. The lowest BCUT2D eigenvalue weighted by atomic mass is 9.91. The van der Waals surface area contributed by atoms with Crippen molar-refractivity contribution in [2.75, 3.05) is 0 Å². The number of hydrogen-bond donors (Lipinski definition) is 0. The van der Waals surface area contributed by atoms with Crippen LogP contribution in [0.1, 0.15) is 0 Å². The summed E-state index contributed by atoms with van der Waals surface area (Å²) in [5.74, 6) is 0. The van der Waals surface area contributed by atoms with E-state index in [9.17, 15) is 0 Å². The molecule has 0 aliphatic heterocycles. The molecule has 0 radical (unpaired) electrons. The Balaban J connectivity index is 1.23. The zero-order valence-corrected chi connectivity index (χ0v) is 27.9. The molecular weight excluding hydrogens is 619 g/mol. The molecule has 0 aliphatic carbocycles. The van der Waals surface area contributed by atoms with Gasteiger partial charge in [0.05, 0.1) is 22.8 Å². The molecule has 0 atom stereocenters. The first-order valence-electron chi connectivity index (χ1n) is 17.2. The van der Waals surface area contributed by atoms with Gasteiger partial charge in [-0.2, -0.15) is 0 Å². The van der Waals surface area contributed by atoms with Gasteiger partial charge in [-0.15, -0.1) is 0 Å². The Morgan fingerprint density at radius 2 is 0.725 bits per heavy atom. The number of fused-ring (bicyclic) bond motifs is 1. The summed E-state index contributed by atoms with van der Waals surface area (Å²) in [7, 11) is 0. The van der Waals surface area contributed by atoms with Gasteiger partial charge in [0, 0.05) is 28.5 Å². The maximum Gasteiger partial charge on any atom is 0.137 e. The summed E-state index contributed by atoms with van der Waals surface area (Å²) in [6.45, 7) is 0. The van der Waals surface area contributed by atoms with Crippen LogP contribution in [0.25, 0.3) is 84.1 Å². The van der Waals surface area contributed by atoms with E-state index in [4.69, 9.17) is 9.97 Å². The second-order valence-electron chi connectivity index (χ2n) is 12.7. The van der Waals surface area contributed by atoms with Gasteiger partial charge in [0.1, 0.15) is 5.65 Å². The Hall–Kier alpha value is -6.84. The minimum atomic E-state index is 0.922. The van der Waals surface area contributed by atoms with E-state index in [-0.39, 0.29) is 0 Å². The second kappa shape index (κ2) is 13.2. The Labute approximate surface area is 297 Å². The first kappa shape index (κ1) is 30.2. The summed E-state index contributed by atoms with van der Waals surface area (Å²) in [6, 6.07) is 68.3. The third-order valence-corrected chi connectivity index (χ3v) is 9.38. The van der Waals surface area contributed by atoms with Crippen LogP contribution in [0.15, 0.2) is 200 Å². The van der Waals surface area contributed by atoms with Crippen molar-refractivity contribution < 1.29 is 0 Å². The Kier molecular flexibility index (Phi) is 7.84. The van der Waals surface area contributed by atoms with Crippen LogP contribution in [-0.4, -0.2) is 14.4 Å². The molecule has 6 aromatic carbocycles. The fourth-order valence-electron chi connectivity index (χ4n) is 6.88. The predicted molar refractivity (Wildman–Crippen MR) is 211 cm³/mol. The molecule has 3 aromatic heterocycles. The van der Waals surface area contributed by atoms with Crippen LogP contribution in [0.4, 0.5) is 0 Å². The van der Waals surface area contributed by atoms with Gasteiger partial charge in [0.2, 0.25) is 0 Å². The molecule has 9 rings (SSSR count). The molecule has 3 heteroatoms. The number of aromatic nitrogens is 3. The zero-order chi connectivity index (χ0) is 34.0. The number of benzene rings is 6. The molecule has 0 bridgehead atoms. The van der Waals surface area contributed by atoms with E-state index in [0.29, 0.717) is 0 Å². The van der Waals surface area contributed by atoms with Gasteiger partial charge in [0.15, 0.2) is 0 Å². The molecule has 0 saturated carbocycles. The van der Waals surface area contributed by atoms with E-state index in [2.05, 4.69) is 187 Å². The van der Waals surface area contributed by atoms with Crippen LogP contribution in [0, 0.1) is 0 Å². The SMILES string of the molecule is c1ccc(-c2cc(-c3cccc(-c4nc5ccccn5c4-c4ccccc4)c3)cc(-c3cc(-c4ccccc4)nc(-c4ccccc4)c3)c2)cc1. The minimum Gasteiger partial charge on any atom is -0.299 e. The number of nitrogens with zero attached hydrogens (tertiary/aromatic N) is 3. The Bertz CT molecular complexity index is 2550. The van der Waals surface area contributed by atoms with Gasteiger partial charge in [0.25, 0.3) is 0 Å². The standard InChI is InChI=1S/C48H33N3/c1-5-16-34(17-6-1)40-29-41(31-42(30-40)43-32-44(35-18-7-2-8-19-35)49-45(33-43)36-20-9-3-10-21-36)38-24-15-25-39(28-38)47-48(37-22-11-4-12-23-37)51-27-14-13-26-46(51)50-47/h1-33H. The van der Waals surface area contributed by atoms with Crippen LogP contribution in [0.3, 0.4) is 0 Å². The molecule has 9 aromatic rings. The van der Waals surface area contributed by atoms with Crippen molar-refractivity contribution in [2.45, 2.75) is 0 Å². The summed E-state index contributed by atoms with van der Waals surface area (Å²) in [5.41, 5.74) is 16.1.